The van der Waals surface area contributed by atoms with Gasteiger partial charge in [0.15, 0.2) is 6.10 Å². The zero-order valence-corrected chi connectivity index (χ0v) is 13.5. The number of anilines is 2. The van der Waals surface area contributed by atoms with Crippen molar-refractivity contribution in [3.8, 4) is 11.5 Å². The van der Waals surface area contributed by atoms with Crippen molar-refractivity contribution in [3.05, 3.63) is 48.0 Å². The SMILES string of the molecule is COc1ccc(CC(=O)Nc2cccc3c2NC(=O)C(C)O3)cc1. The second kappa shape index (κ2) is 6.62. The average molecular weight is 326 g/mol. The lowest BCUT2D eigenvalue weighted by molar-refractivity contribution is -0.122. The van der Waals surface area contributed by atoms with Gasteiger partial charge in [0.2, 0.25) is 5.91 Å². The van der Waals surface area contributed by atoms with Crippen LogP contribution in [0, 0.1) is 0 Å². The van der Waals surface area contributed by atoms with E-state index >= 15 is 0 Å². The first-order valence-corrected chi connectivity index (χ1v) is 7.60. The first-order chi connectivity index (χ1) is 11.6. The lowest BCUT2D eigenvalue weighted by atomic mass is 10.1. The minimum Gasteiger partial charge on any atom is -0.497 e. The van der Waals surface area contributed by atoms with Crippen molar-refractivity contribution < 1.29 is 19.1 Å². The van der Waals surface area contributed by atoms with Gasteiger partial charge in [-0.1, -0.05) is 18.2 Å². The number of para-hydroxylation sites is 1. The molecule has 6 heteroatoms. The van der Waals surface area contributed by atoms with Gasteiger partial charge in [0, 0.05) is 0 Å². The molecule has 0 radical (unpaired) electrons. The van der Waals surface area contributed by atoms with Crippen LogP contribution in [0.5, 0.6) is 11.5 Å². The summed E-state index contributed by atoms with van der Waals surface area (Å²) in [6.45, 7) is 1.67. The number of hydrogen-bond acceptors (Lipinski definition) is 4. The van der Waals surface area contributed by atoms with Crippen LogP contribution in [0.3, 0.4) is 0 Å². The molecule has 24 heavy (non-hydrogen) atoms. The van der Waals surface area contributed by atoms with Gasteiger partial charge in [-0.05, 0) is 36.8 Å². The second-order valence-electron chi connectivity index (χ2n) is 5.50. The Morgan fingerprint density at radius 3 is 2.71 bits per heavy atom. The number of ether oxygens (including phenoxy) is 2. The summed E-state index contributed by atoms with van der Waals surface area (Å²) in [6.07, 6.45) is -0.332. The van der Waals surface area contributed by atoms with E-state index in [9.17, 15) is 9.59 Å². The molecule has 0 saturated carbocycles. The summed E-state index contributed by atoms with van der Waals surface area (Å²) < 4.78 is 10.6. The topological polar surface area (TPSA) is 76.7 Å². The maximum absolute atomic E-state index is 12.3. The van der Waals surface area contributed by atoms with Gasteiger partial charge in [0.05, 0.1) is 19.2 Å². The minimum atomic E-state index is -0.553. The van der Waals surface area contributed by atoms with E-state index in [1.54, 1.807) is 32.2 Å². The molecular formula is C18H18N2O4. The van der Waals surface area contributed by atoms with E-state index in [2.05, 4.69) is 10.6 Å². The quantitative estimate of drug-likeness (QED) is 0.905. The number of amides is 2. The Hall–Kier alpha value is -3.02. The van der Waals surface area contributed by atoms with Gasteiger partial charge in [-0.15, -0.1) is 0 Å². The predicted octanol–water partition coefficient (Wildman–Crippen LogP) is 2.60. The third kappa shape index (κ3) is 3.32. The lowest BCUT2D eigenvalue weighted by Crippen LogP contribution is -2.35. The summed E-state index contributed by atoms with van der Waals surface area (Å²) in [4.78, 5) is 24.1. The Morgan fingerprint density at radius 1 is 1.25 bits per heavy atom. The first-order valence-electron chi connectivity index (χ1n) is 7.60. The van der Waals surface area contributed by atoms with Crippen LogP contribution in [0.4, 0.5) is 11.4 Å². The molecule has 0 saturated heterocycles. The van der Waals surface area contributed by atoms with Gasteiger partial charge in [0.25, 0.3) is 5.91 Å². The molecule has 1 aliphatic heterocycles. The summed E-state index contributed by atoms with van der Waals surface area (Å²) in [7, 11) is 1.59. The van der Waals surface area contributed by atoms with Crippen LogP contribution in [0.25, 0.3) is 0 Å². The van der Waals surface area contributed by atoms with E-state index in [1.807, 2.05) is 24.3 Å². The maximum atomic E-state index is 12.3. The van der Waals surface area contributed by atoms with E-state index in [0.717, 1.165) is 11.3 Å². The van der Waals surface area contributed by atoms with Crippen LogP contribution < -0.4 is 20.1 Å². The van der Waals surface area contributed by atoms with Crippen LogP contribution in [0.2, 0.25) is 0 Å². The fourth-order valence-electron chi connectivity index (χ4n) is 2.45. The van der Waals surface area contributed by atoms with Gasteiger partial charge in [0.1, 0.15) is 17.2 Å². The Bertz CT molecular complexity index is 771. The number of carbonyl (C=O) groups is 2. The molecule has 0 bridgehead atoms. The maximum Gasteiger partial charge on any atom is 0.265 e. The molecule has 3 rings (SSSR count). The number of nitrogens with one attached hydrogen (secondary N) is 2. The van der Waals surface area contributed by atoms with E-state index in [4.69, 9.17) is 9.47 Å². The number of hydrogen-bond donors (Lipinski definition) is 2. The van der Waals surface area contributed by atoms with Crippen molar-refractivity contribution in [2.24, 2.45) is 0 Å². The van der Waals surface area contributed by atoms with Crippen LogP contribution in [-0.2, 0) is 16.0 Å². The number of fused-ring (bicyclic) bond motifs is 1. The molecule has 0 spiro atoms. The van der Waals surface area contributed by atoms with Crippen molar-refractivity contribution in [1.29, 1.82) is 0 Å². The Labute approximate surface area is 139 Å². The fourth-order valence-corrected chi connectivity index (χ4v) is 2.45. The smallest absolute Gasteiger partial charge is 0.265 e. The normalized spacial score (nSPS) is 15.8. The predicted molar refractivity (Wildman–Crippen MR) is 90.5 cm³/mol. The molecule has 1 heterocycles. The van der Waals surface area contributed by atoms with Crippen molar-refractivity contribution in [2.45, 2.75) is 19.4 Å². The summed E-state index contributed by atoms with van der Waals surface area (Å²) in [6, 6.07) is 12.5. The van der Waals surface area contributed by atoms with Gasteiger partial charge in [-0.2, -0.15) is 0 Å². The highest BCUT2D eigenvalue weighted by atomic mass is 16.5. The molecular weight excluding hydrogens is 308 g/mol. The van der Waals surface area contributed by atoms with Crippen LogP contribution in [0.15, 0.2) is 42.5 Å². The number of rotatable bonds is 4. The molecule has 1 atom stereocenters. The van der Waals surface area contributed by atoms with Crippen LogP contribution >= 0.6 is 0 Å². The summed E-state index contributed by atoms with van der Waals surface area (Å²) in [5, 5.41) is 5.58. The van der Waals surface area contributed by atoms with Crippen LogP contribution in [0.1, 0.15) is 12.5 Å². The standard InChI is InChI=1S/C18H18N2O4/c1-11-18(22)20-17-14(4-3-5-15(17)24-11)19-16(21)10-12-6-8-13(23-2)9-7-12/h3-9,11H,10H2,1-2H3,(H,19,21)(H,20,22). The minimum absolute atomic E-state index is 0.179. The molecule has 0 fully saturated rings. The third-order valence-corrected chi connectivity index (χ3v) is 3.75. The van der Waals surface area contributed by atoms with Gasteiger partial charge in [-0.25, -0.2) is 0 Å². The van der Waals surface area contributed by atoms with E-state index in [1.165, 1.54) is 0 Å². The van der Waals surface area contributed by atoms with Crippen molar-refractivity contribution in [2.75, 3.05) is 17.7 Å². The van der Waals surface area contributed by atoms with Gasteiger partial charge < -0.3 is 20.1 Å². The van der Waals surface area contributed by atoms with E-state index < -0.39 is 6.10 Å². The molecule has 1 aliphatic rings. The molecule has 2 aromatic carbocycles. The molecule has 0 aliphatic carbocycles. The van der Waals surface area contributed by atoms with Crippen molar-refractivity contribution in [3.63, 3.8) is 0 Å². The average Bonchev–Trinajstić information content (AvgIpc) is 2.57. The molecule has 2 aromatic rings. The highest BCUT2D eigenvalue weighted by Crippen LogP contribution is 2.36. The summed E-state index contributed by atoms with van der Waals surface area (Å²) >= 11 is 0. The van der Waals surface area contributed by atoms with Crippen molar-refractivity contribution >= 4 is 23.2 Å². The Balaban J connectivity index is 1.73. The highest BCUT2D eigenvalue weighted by molar-refractivity contribution is 6.04. The van der Waals surface area contributed by atoms with E-state index in [0.29, 0.717) is 17.1 Å². The highest BCUT2D eigenvalue weighted by Gasteiger charge is 2.25. The van der Waals surface area contributed by atoms with Crippen molar-refractivity contribution in [1.82, 2.24) is 0 Å². The summed E-state index contributed by atoms with van der Waals surface area (Å²) in [5.41, 5.74) is 1.88. The van der Waals surface area contributed by atoms with E-state index in [-0.39, 0.29) is 18.2 Å². The molecule has 2 amide bonds. The lowest BCUT2D eigenvalue weighted by Gasteiger charge is -2.25. The Kier molecular flexibility index (Phi) is 4.37. The number of carbonyl (C=O) groups excluding carboxylic acids is 2. The third-order valence-electron chi connectivity index (χ3n) is 3.75. The van der Waals surface area contributed by atoms with Crippen LogP contribution in [-0.4, -0.2) is 25.0 Å². The van der Waals surface area contributed by atoms with Gasteiger partial charge in [-0.3, -0.25) is 9.59 Å². The second-order valence-corrected chi connectivity index (χ2v) is 5.50. The number of methoxy groups -OCH3 is 1. The zero-order chi connectivity index (χ0) is 17.1. The number of benzene rings is 2. The summed E-state index contributed by atoms with van der Waals surface area (Å²) in [5.74, 6) is 0.871. The largest absolute Gasteiger partial charge is 0.497 e. The molecule has 124 valence electrons. The molecule has 2 N–H and O–H groups in total. The zero-order valence-electron chi connectivity index (χ0n) is 13.5. The first kappa shape index (κ1) is 15.9. The molecule has 0 aromatic heterocycles. The molecule has 6 nitrogen and oxygen atoms in total. The Morgan fingerprint density at radius 2 is 2.00 bits per heavy atom. The monoisotopic (exact) mass is 326 g/mol. The fraction of sp³-hybridized carbons (Fsp3) is 0.222. The van der Waals surface area contributed by atoms with Gasteiger partial charge >= 0.3 is 0 Å². The molecule has 1 unspecified atom stereocenters.